The summed E-state index contributed by atoms with van der Waals surface area (Å²) in [5.41, 5.74) is 1.05. The summed E-state index contributed by atoms with van der Waals surface area (Å²) in [7, 11) is 0. The van der Waals surface area contributed by atoms with E-state index >= 15 is 0 Å². The number of hydrogen-bond acceptors (Lipinski definition) is 3. The van der Waals surface area contributed by atoms with Gasteiger partial charge in [0.15, 0.2) is 0 Å². The minimum Gasteiger partial charge on any atom is -0.396 e. The summed E-state index contributed by atoms with van der Waals surface area (Å²) in [6.07, 6.45) is 2.52. The van der Waals surface area contributed by atoms with Crippen molar-refractivity contribution in [3.05, 3.63) is 51.7 Å². The van der Waals surface area contributed by atoms with Crippen LogP contribution in [0.3, 0.4) is 0 Å². The van der Waals surface area contributed by atoms with E-state index in [1.54, 1.807) is 23.5 Å². The lowest BCUT2D eigenvalue weighted by atomic mass is 10.1. The van der Waals surface area contributed by atoms with E-state index in [2.05, 4.69) is 4.98 Å². The minimum atomic E-state index is -0.220. The van der Waals surface area contributed by atoms with Crippen LogP contribution in [0, 0.1) is 5.82 Å². The number of rotatable bonds is 4. The molecule has 0 amide bonds. The zero-order valence-electron chi connectivity index (χ0n) is 9.56. The van der Waals surface area contributed by atoms with Gasteiger partial charge < -0.3 is 5.11 Å². The van der Waals surface area contributed by atoms with E-state index in [4.69, 9.17) is 5.11 Å². The molecule has 1 aromatic carbocycles. The Morgan fingerprint density at radius 2 is 2.06 bits per heavy atom. The van der Waals surface area contributed by atoms with E-state index in [9.17, 15) is 4.39 Å². The summed E-state index contributed by atoms with van der Waals surface area (Å²) in [6.45, 7) is 2.10. The number of aromatic nitrogens is 1. The summed E-state index contributed by atoms with van der Waals surface area (Å²) >= 11 is 1.60. The molecule has 2 nitrogen and oxygen atoms in total. The molecule has 1 N–H and O–H groups in total. The fourth-order valence-corrected chi connectivity index (χ4v) is 2.50. The van der Waals surface area contributed by atoms with E-state index in [1.165, 1.54) is 12.1 Å². The zero-order chi connectivity index (χ0) is 12.3. The van der Waals surface area contributed by atoms with Crippen LogP contribution in [0.15, 0.2) is 30.5 Å². The highest BCUT2D eigenvalue weighted by atomic mass is 32.1. The van der Waals surface area contributed by atoms with Crippen LogP contribution in [-0.4, -0.2) is 16.7 Å². The van der Waals surface area contributed by atoms with Gasteiger partial charge in [0.2, 0.25) is 0 Å². The zero-order valence-corrected chi connectivity index (χ0v) is 10.4. The molecular formula is C13H14FNOS. The largest absolute Gasteiger partial charge is 0.396 e. The van der Waals surface area contributed by atoms with Gasteiger partial charge in [-0.2, -0.15) is 0 Å². The van der Waals surface area contributed by atoms with Gasteiger partial charge in [0.25, 0.3) is 0 Å². The van der Waals surface area contributed by atoms with Crippen molar-refractivity contribution in [1.82, 2.24) is 4.98 Å². The van der Waals surface area contributed by atoms with Crippen molar-refractivity contribution < 1.29 is 9.50 Å². The third kappa shape index (κ3) is 3.11. The highest BCUT2D eigenvalue weighted by Crippen LogP contribution is 2.23. The van der Waals surface area contributed by atoms with Crippen LogP contribution in [0.1, 0.15) is 28.3 Å². The lowest BCUT2D eigenvalue weighted by Crippen LogP contribution is -1.94. The molecule has 1 unspecified atom stereocenters. The summed E-state index contributed by atoms with van der Waals surface area (Å²) in [5, 5.41) is 10.0. The number of thiazole rings is 1. The average molecular weight is 251 g/mol. The van der Waals surface area contributed by atoms with E-state index in [-0.39, 0.29) is 18.3 Å². The molecule has 1 atom stereocenters. The van der Waals surface area contributed by atoms with Crippen LogP contribution in [-0.2, 0) is 6.42 Å². The Hall–Kier alpha value is -1.26. The second-order valence-electron chi connectivity index (χ2n) is 4.04. The van der Waals surface area contributed by atoms with Gasteiger partial charge in [-0.1, -0.05) is 19.1 Å². The fraction of sp³-hybridized carbons (Fsp3) is 0.308. The molecule has 2 aromatic rings. The van der Waals surface area contributed by atoms with Crippen molar-refractivity contribution >= 4 is 11.3 Å². The molecule has 0 aliphatic heterocycles. The lowest BCUT2D eigenvalue weighted by molar-refractivity contribution is 0.274. The smallest absolute Gasteiger partial charge is 0.123 e. The Kier molecular flexibility index (Phi) is 3.86. The maximum absolute atomic E-state index is 12.7. The van der Waals surface area contributed by atoms with Gasteiger partial charge in [-0.05, 0) is 17.7 Å². The maximum atomic E-state index is 12.7. The lowest BCUT2D eigenvalue weighted by Gasteiger charge is -2.01. The molecule has 2 rings (SSSR count). The molecule has 0 radical (unpaired) electrons. The molecule has 0 spiro atoms. The fourth-order valence-electron chi connectivity index (χ4n) is 1.50. The maximum Gasteiger partial charge on any atom is 0.123 e. The normalized spacial score (nSPS) is 12.6. The van der Waals surface area contributed by atoms with Crippen molar-refractivity contribution in [2.75, 3.05) is 6.61 Å². The highest BCUT2D eigenvalue weighted by Gasteiger charge is 2.09. The van der Waals surface area contributed by atoms with Gasteiger partial charge in [0.05, 0.1) is 11.6 Å². The SMILES string of the molecule is CC(CO)c1cnc(Cc2ccc(F)cc2)s1. The number of halogens is 1. The van der Waals surface area contributed by atoms with Crippen LogP contribution < -0.4 is 0 Å². The van der Waals surface area contributed by atoms with Gasteiger partial charge >= 0.3 is 0 Å². The summed E-state index contributed by atoms with van der Waals surface area (Å²) in [5.74, 6) is -0.0862. The molecule has 0 bridgehead atoms. The molecule has 1 heterocycles. The average Bonchev–Trinajstić information content (AvgIpc) is 2.80. The Bertz CT molecular complexity index is 480. The van der Waals surface area contributed by atoms with Crippen molar-refractivity contribution in [3.63, 3.8) is 0 Å². The van der Waals surface area contributed by atoms with Crippen molar-refractivity contribution in [1.29, 1.82) is 0 Å². The summed E-state index contributed by atoms with van der Waals surface area (Å²) in [6, 6.07) is 6.46. The van der Waals surface area contributed by atoms with Gasteiger partial charge in [-0.15, -0.1) is 11.3 Å². The number of hydrogen-bond donors (Lipinski definition) is 1. The molecule has 0 aliphatic rings. The van der Waals surface area contributed by atoms with E-state index in [1.807, 2.05) is 13.1 Å². The predicted octanol–water partition coefficient (Wildman–Crippen LogP) is 2.97. The molecule has 0 saturated heterocycles. The Balaban J connectivity index is 2.08. The third-order valence-electron chi connectivity index (χ3n) is 2.60. The van der Waals surface area contributed by atoms with Crippen molar-refractivity contribution in [2.45, 2.75) is 19.3 Å². The Morgan fingerprint density at radius 1 is 1.35 bits per heavy atom. The Labute approximate surface area is 104 Å². The molecular weight excluding hydrogens is 237 g/mol. The molecule has 90 valence electrons. The van der Waals surface area contributed by atoms with Crippen LogP contribution in [0.4, 0.5) is 4.39 Å². The first-order valence-corrected chi connectivity index (χ1v) is 6.30. The quantitative estimate of drug-likeness (QED) is 0.906. The minimum absolute atomic E-state index is 0.134. The number of nitrogens with zero attached hydrogens (tertiary/aromatic N) is 1. The summed E-state index contributed by atoms with van der Waals surface area (Å²) in [4.78, 5) is 5.40. The predicted molar refractivity (Wildman–Crippen MR) is 66.8 cm³/mol. The van der Waals surface area contributed by atoms with Crippen molar-refractivity contribution in [3.8, 4) is 0 Å². The second kappa shape index (κ2) is 5.38. The van der Waals surface area contributed by atoms with Gasteiger partial charge in [0.1, 0.15) is 5.82 Å². The van der Waals surface area contributed by atoms with E-state index in [0.29, 0.717) is 6.42 Å². The number of benzene rings is 1. The molecule has 0 aliphatic carbocycles. The standard InChI is InChI=1S/C13H14FNOS/c1-9(8-16)12-7-15-13(17-12)6-10-2-4-11(14)5-3-10/h2-5,7,9,16H,6,8H2,1H3. The van der Waals surface area contributed by atoms with Crippen LogP contribution in [0.5, 0.6) is 0 Å². The molecule has 0 fully saturated rings. The summed E-state index contributed by atoms with van der Waals surface area (Å²) < 4.78 is 12.7. The Morgan fingerprint density at radius 3 is 2.71 bits per heavy atom. The number of aliphatic hydroxyl groups is 1. The first kappa shape index (κ1) is 12.2. The monoisotopic (exact) mass is 251 g/mol. The van der Waals surface area contributed by atoms with Crippen LogP contribution in [0.25, 0.3) is 0 Å². The second-order valence-corrected chi connectivity index (χ2v) is 5.19. The van der Waals surface area contributed by atoms with Gasteiger partial charge in [-0.25, -0.2) is 9.37 Å². The first-order valence-electron chi connectivity index (χ1n) is 5.49. The third-order valence-corrected chi connectivity index (χ3v) is 3.83. The van der Waals surface area contributed by atoms with Crippen LogP contribution in [0.2, 0.25) is 0 Å². The highest BCUT2D eigenvalue weighted by molar-refractivity contribution is 7.11. The topological polar surface area (TPSA) is 33.1 Å². The van der Waals surface area contributed by atoms with Gasteiger partial charge in [-0.3, -0.25) is 0 Å². The van der Waals surface area contributed by atoms with Gasteiger partial charge in [0, 0.05) is 23.4 Å². The van der Waals surface area contributed by atoms with Crippen molar-refractivity contribution in [2.24, 2.45) is 0 Å². The van der Waals surface area contributed by atoms with E-state index < -0.39 is 0 Å². The molecule has 4 heteroatoms. The van der Waals surface area contributed by atoms with E-state index in [0.717, 1.165) is 15.4 Å². The first-order chi connectivity index (χ1) is 8.19. The number of aliphatic hydroxyl groups excluding tert-OH is 1. The molecule has 0 saturated carbocycles. The molecule has 1 aromatic heterocycles. The van der Waals surface area contributed by atoms with Crippen LogP contribution >= 0.6 is 11.3 Å². The molecule has 17 heavy (non-hydrogen) atoms.